The van der Waals surface area contributed by atoms with Gasteiger partial charge in [-0.15, -0.1) is 0 Å². The summed E-state index contributed by atoms with van der Waals surface area (Å²) in [6, 6.07) is 3.23. The lowest BCUT2D eigenvalue weighted by atomic mass is 10.1. The maximum atomic E-state index is 11.2. The van der Waals surface area contributed by atoms with Crippen molar-refractivity contribution in [2.45, 2.75) is 6.92 Å². The Hall–Kier alpha value is -1.71. The molecule has 0 fully saturated rings. The quantitative estimate of drug-likeness (QED) is 0.572. The summed E-state index contributed by atoms with van der Waals surface area (Å²) in [7, 11) is 2.84. The second-order valence-electron chi connectivity index (χ2n) is 2.90. The summed E-state index contributed by atoms with van der Waals surface area (Å²) in [5.74, 6) is 0.0943. The first-order valence-corrected chi connectivity index (χ1v) is 4.12. The third-order valence-electron chi connectivity index (χ3n) is 1.99. The Bertz CT molecular complexity index is 361. The zero-order chi connectivity index (χ0) is 10.7. The summed E-state index contributed by atoms with van der Waals surface area (Å²) >= 11 is 0. The molecule has 0 aromatic heterocycles. The topological polar surface area (TPSA) is 61.5 Å². The van der Waals surface area contributed by atoms with Crippen LogP contribution in [-0.2, 0) is 4.74 Å². The number of nitrogens with two attached hydrogens (primary N) is 1. The fourth-order valence-electron chi connectivity index (χ4n) is 1.17. The molecule has 4 nitrogen and oxygen atoms in total. The number of rotatable bonds is 2. The lowest BCUT2D eigenvalue weighted by Gasteiger charge is -2.09. The Kier molecular flexibility index (Phi) is 2.96. The summed E-state index contributed by atoms with van der Waals surface area (Å²) < 4.78 is 9.62. The van der Waals surface area contributed by atoms with Crippen LogP contribution in [0, 0.1) is 6.92 Å². The first-order valence-electron chi connectivity index (χ1n) is 4.12. The molecule has 14 heavy (non-hydrogen) atoms. The highest BCUT2D eigenvalue weighted by molar-refractivity contribution is 5.91. The molecule has 0 aliphatic heterocycles. The van der Waals surface area contributed by atoms with E-state index in [2.05, 4.69) is 4.74 Å². The fourth-order valence-corrected chi connectivity index (χ4v) is 1.17. The molecule has 0 radical (unpaired) electrons. The molecule has 0 bridgehead atoms. The van der Waals surface area contributed by atoms with Gasteiger partial charge in [-0.25, -0.2) is 4.79 Å². The third kappa shape index (κ3) is 1.79. The molecule has 0 heterocycles. The highest BCUT2D eigenvalue weighted by Gasteiger charge is 2.11. The Morgan fingerprint density at radius 2 is 2.00 bits per heavy atom. The van der Waals surface area contributed by atoms with E-state index in [-0.39, 0.29) is 0 Å². The number of aryl methyl sites for hydroxylation is 1. The van der Waals surface area contributed by atoms with Gasteiger partial charge in [0.25, 0.3) is 0 Å². The molecule has 0 aliphatic carbocycles. The van der Waals surface area contributed by atoms with E-state index in [9.17, 15) is 4.79 Å². The zero-order valence-corrected chi connectivity index (χ0v) is 8.46. The standard InChI is InChI=1S/C10H13NO3/c1-6-4-7(10(12)14-3)5-8(13-2)9(6)11/h4-5H,11H2,1-3H3. The van der Waals surface area contributed by atoms with Crippen molar-refractivity contribution in [1.82, 2.24) is 0 Å². The number of nitrogen functional groups attached to an aromatic ring is 1. The van der Waals surface area contributed by atoms with Crippen LogP contribution in [0.1, 0.15) is 15.9 Å². The van der Waals surface area contributed by atoms with Crippen molar-refractivity contribution in [3.05, 3.63) is 23.3 Å². The number of hydrogen-bond donors (Lipinski definition) is 1. The average molecular weight is 195 g/mol. The maximum absolute atomic E-state index is 11.2. The van der Waals surface area contributed by atoms with E-state index in [1.807, 2.05) is 6.92 Å². The average Bonchev–Trinajstić information content (AvgIpc) is 2.20. The number of hydrogen-bond acceptors (Lipinski definition) is 4. The first-order chi connectivity index (χ1) is 6.60. The molecule has 0 aliphatic rings. The largest absolute Gasteiger partial charge is 0.495 e. The normalized spacial score (nSPS) is 9.64. The predicted octanol–water partition coefficient (Wildman–Crippen LogP) is 1.37. The van der Waals surface area contributed by atoms with Crippen LogP contribution in [-0.4, -0.2) is 20.2 Å². The van der Waals surface area contributed by atoms with E-state index in [0.717, 1.165) is 5.56 Å². The van der Waals surface area contributed by atoms with Crippen molar-refractivity contribution in [1.29, 1.82) is 0 Å². The van der Waals surface area contributed by atoms with E-state index in [0.29, 0.717) is 17.0 Å². The Labute approximate surface area is 82.6 Å². The number of ether oxygens (including phenoxy) is 2. The van der Waals surface area contributed by atoms with Gasteiger partial charge in [-0.05, 0) is 24.6 Å². The van der Waals surface area contributed by atoms with Gasteiger partial charge in [0, 0.05) is 0 Å². The van der Waals surface area contributed by atoms with Gasteiger partial charge in [-0.3, -0.25) is 0 Å². The maximum Gasteiger partial charge on any atom is 0.337 e. The molecule has 0 amide bonds. The van der Waals surface area contributed by atoms with Gasteiger partial charge in [0.05, 0.1) is 25.5 Å². The van der Waals surface area contributed by atoms with E-state index < -0.39 is 5.97 Å². The summed E-state index contributed by atoms with van der Waals surface area (Å²) in [4.78, 5) is 11.2. The number of anilines is 1. The number of carbonyl (C=O) groups excluding carboxylic acids is 1. The van der Waals surface area contributed by atoms with Gasteiger partial charge in [0.15, 0.2) is 0 Å². The van der Waals surface area contributed by atoms with Crippen molar-refractivity contribution < 1.29 is 14.3 Å². The molecule has 76 valence electrons. The summed E-state index contributed by atoms with van der Waals surface area (Å²) in [5, 5.41) is 0. The number of carbonyl (C=O) groups is 1. The zero-order valence-electron chi connectivity index (χ0n) is 8.46. The number of benzene rings is 1. The van der Waals surface area contributed by atoms with Crippen molar-refractivity contribution in [2.24, 2.45) is 0 Å². The van der Waals surface area contributed by atoms with Gasteiger partial charge in [-0.1, -0.05) is 0 Å². The van der Waals surface area contributed by atoms with Crippen molar-refractivity contribution in [3.8, 4) is 5.75 Å². The van der Waals surface area contributed by atoms with Crippen LogP contribution in [0.25, 0.3) is 0 Å². The van der Waals surface area contributed by atoms with Crippen molar-refractivity contribution in [2.75, 3.05) is 20.0 Å². The van der Waals surface area contributed by atoms with E-state index in [1.54, 1.807) is 12.1 Å². The molecule has 0 spiro atoms. The predicted molar refractivity (Wildman–Crippen MR) is 53.5 cm³/mol. The summed E-state index contributed by atoms with van der Waals surface area (Å²) in [6.45, 7) is 1.81. The van der Waals surface area contributed by atoms with Crippen LogP contribution in [0.15, 0.2) is 12.1 Å². The summed E-state index contributed by atoms with van der Waals surface area (Å²) in [5.41, 5.74) is 7.51. The van der Waals surface area contributed by atoms with Crippen LogP contribution < -0.4 is 10.5 Å². The molecule has 1 aromatic carbocycles. The Morgan fingerprint density at radius 1 is 1.36 bits per heavy atom. The SMILES string of the molecule is COC(=O)c1cc(C)c(N)c(OC)c1. The fraction of sp³-hybridized carbons (Fsp3) is 0.300. The van der Waals surface area contributed by atoms with Gasteiger partial charge < -0.3 is 15.2 Å². The minimum Gasteiger partial charge on any atom is -0.495 e. The molecule has 0 saturated carbocycles. The highest BCUT2D eigenvalue weighted by Crippen LogP contribution is 2.26. The van der Waals surface area contributed by atoms with Crippen LogP contribution >= 0.6 is 0 Å². The van der Waals surface area contributed by atoms with Crippen LogP contribution in [0.5, 0.6) is 5.75 Å². The van der Waals surface area contributed by atoms with E-state index in [1.165, 1.54) is 14.2 Å². The summed E-state index contributed by atoms with van der Waals surface area (Å²) in [6.07, 6.45) is 0. The molecule has 0 atom stereocenters. The Morgan fingerprint density at radius 3 is 2.50 bits per heavy atom. The third-order valence-corrected chi connectivity index (χ3v) is 1.99. The van der Waals surface area contributed by atoms with Crippen molar-refractivity contribution in [3.63, 3.8) is 0 Å². The minimum atomic E-state index is -0.397. The minimum absolute atomic E-state index is 0.397. The number of esters is 1. The van der Waals surface area contributed by atoms with Gasteiger partial charge in [0.2, 0.25) is 0 Å². The monoisotopic (exact) mass is 195 g/mol. The van der Waals surface area contributed by atoms with E-state index in [4.69, 9.17) is 10.5 Å². The molecule has 0 saturated heterocycles. The second-order valence-corrected chi connectivity index (χ2v) is 2.90. The first kappa shape index (κ1) is 10.4. The lowest BCUT2D eigenvalue weighted by Crippen LogP contribution is -2.04. The van der Waals surface area contributed by atoms with Gasteiger partial charge >= 0.3 is 5.97 Å². The van der Waals surface area contributed by atoms with Crippen LogP contribution in [0.3, 0.4) is 0 Å². The molecular formula is C10H13NO3. The molecular weight excluding hydrogens is 182 g/mol. The lowest BCUT2D eigenvalue weighted by molar-refractivity contribution is 0.0600. The molecule has 4 heteroatoms. The number of methoxy groups -OCH3 is 2. The van der Waals surface area contributed by atoms with Crippen molar-refractivity contribution >= 4 is 11.7 Å². The highest BCUT2D eigenvalue weighted by atomic mass is 16.5. The van der Waals surface area contributed by atoms with Crippen LogP contribution in [0.4, 0.5) is 5.69 Å². The smallest absolute Gasteiger partial charge is 0.337 e. The molecule has 1 aromatic rings. The molecule has 1 rings (SSSR count). The molecule has 0 unspecified atom stereocenters. The van der Waals surface area contributed by atoms with Gasteiger partial charge in [-0.2, -0.15) is 0 Å². The van der Waals surface area contributed by atoms with Crippen LogP contribution in [0.2, 0.25) is 0 Å². The van der Waals surface area contributed by atoms with E-state index >= 15 is 0 Å². The molecule has 2 N–H and O–H groups in total. The Balaban J connectivity index is 3.22. The second kappa shape index (κ2) is 4.00. The van der Waals surface area contributed by atoms with Gasteiger partial charge in [0.1, 0.15) is 5.75 Å².